The summed E-state index contributed by atoms with van der Waals surface area (Å²) in [6, 6.07) is 7.67. The van der Waals surface area contributed by atoms with Crippen molar-refractivity contribution in [1.82, 2.24) is 25.3 Å². The van der Waals surface area contributed by atoms with Gasteiger partial charge in [-0.25, -0.2) is 9.97 Å². The van der Waals surface area contributed by atoms with Gasteiger partial charge in [0, 0.05) is 30.8 Å². The standard InChI is InChI=1S/C27H38N6O3/c1-17-25(24-18(2)32-36-19(24)3)30-27(31-26(17)29-13-20-8-7-11-33(5)15-20)21-9-6-10-23(12-21)35-16-22(34)14-28-4/h6,9-10,12,20,22,28,34H,7-8,11,13-16H2,1-5H3,(H,29,30,31). The van der Waals surface area contributed by atoms with Gasteiger partial charge < -0.3 is 29.9 Å². The molecule has 2 aromatic heterocycles. The maximum Gasteiger partial charge on any atom is 0.162 e. The largest absolute Gasteiger partial charge is 0.491 e. The van der Waals surface area contributed by atoms with E-state index in [0.717, 1.165) is 59.3 Å². The van der Waals surface area contributed by atoms with Crippen LogP contribution in [0.4, 0.5) is 5.82 Å². The van der Waals surface area contributed by atoms with Gasteiger partial charge in [0.1, 0.15) is 30.0 Å². The molecule has 0 aliphatic carbocycles. The molecular formula is C27H38N6O3. The van der Waals surface area contributed by atoms with Crippen LogP contribution < -0.4 is 15.4 Å². The van der Waals surface area contributed by atoms with E-state index < -0.39 is 6.10 Å². The summed E-state index contributed by atoms with van der Waals surface area (Å²) in [5.41, 5.74) is 4.33. The van der Waals surface area contributed by atoms with E-state index in [1.165, 1.54) is 12.8 Å². The third kappa shape index (κ3) is 6.21. The molecule has 3 heterocycles. The third-order valence-corrected chi connectivity index (χ3v) is 6.67. The van der Waals surface area contributed by atoms with Gasteiger partial charge in [-0.15, -0.1) is 0 Å². The van der Waals surface area contributed by atoms with Crippen molar-refractivity contribution >= 4 is 5.82 Å². The van der Waals surface area contributed by atoms with Crippen molar-refractivity contribution < 1.29 is 14.4 Å². The summed E-state index contributed by atoms with van der Waals surface area (Å²) < 4.78 is 11.3. The van der Waals surface area contributed by atoms with Crippen molar-refractivity contribution in [3.63, 3.8) is 0 Å². The predicted molar refractivity (Wildman–Crippen MR) is 141 cm³/mol. The van der Waals surface area contributed by atoms with E-state index in [2.05, 4.69) is 27.7 Å². The highest BCUT2D eigenvalue weighted by molar-refractivity contribution is 5.74. The molecule has 194 valence electrons. The first-order valence-corrected chi connectivity index (χ1v) is 12.7. The van der Waals surface area contributed by atoms with Crippen LogP contribution in [0.3, 0.4) is 0 Å². The highest BCUT2D eigenvalue weighted by atomic mass is 16.5. The number of likely N-dealkylation sites (N-methyl/N-ethyl adjacent to an activating group) is 1. The zero-order valence-corrected chi connectivity index (χ0v) is 22.0. The van der Waals surface area contributed by atoms with E-state index in [0.29, 0.717) is 24.0 Å². The van der Waals surface area contributed by atoms with Gasteiger partial charge in [0.05, 0.1) is 17.0 Å². The molecule has 1 aromatic carbocycles. The number of ether oxygens (including phenoxy) is 1. The molecular weight excluding hydrogens is 456 g/mol. The van der Waals surface area contributed by atoms with Gasteiger partial charge in [0.25, 0.3) is 0 Å². The van der Waals surface area contributed by atoms with Crippen molar-refractivity contribution in [3.05, 3.63) is 41.3 Å². The molecule has 9 nitrogen and oxygen atoms in total. The van der Waals surface area contributed by atoms with E-state index in [-0.39, 0.29) is 6.61 Å². The molecule has 3 N–H and O–H groups in total. The summed E-state index contributed by atoms with van der Waals surface area (Å²) in [6.45, 7) is 9.65. The van der Waals surface area contributed by atoms with Crippen molar-refractivity contribution in [3.8, 4) is 28.4 Å². The van der Waals surface area contributed by atoms with Crippen LogP contribution >= 0.6 is 0 Å². The second kappa shape index (κ2) is 11.8. The lowest BCUT2D eigenvalue weighted by Crippen LogP contribution is -2.35. The first kappa shape index (κ1) is 26.1. The average molecular weight is 495 g/mol. The number of nitrogens with zero attached hydrogens (tertiary/aromatic N) is 4. The van der Waals surface area contributed by atoms with Crippen LogP contribution in [-0.2, 0) is 0 Å². The van der Waals surface area contributed by atoms with Crippen molar-refractivity contribution in [2.45, 2.75) is 39.7 Å². The predicted octanol–water partition coefficient (Wildman–Crippen LogP) is 3.44. The molecule has 0 spiro atoms. The Kier molecular flexibility index (Phi) is 8.56. The molecule has 2 atom stereocenters. The fraction of sp³-hybridized carbons (Fsp3) is 0.519. The lowest BCUT2D eigenvalue weighted by atomic mass is 9.98. The Hall–Kier alpha value is -3.01. The van der Waals surface area contributed by atoms with Gasteiger partial charge in [-0.2, -0.15) is 0 Å². The summed E-state index contributed by atoms with van der Waals surface area (Å²) >= 11 is 0. The molecule has 1 aliphatic heterocycles. The number of benzene rings is 1. The van der Waals surface area contributed by atoms with Crippen molar-refractivity contribution in [1.29, 1.82) is 0 Å². The van der Waals surface area contributed by atoms with Gasteiger partial charge in [0.15, 0.2) is 5.82 Å². The lowest BCUT2D eigenvalue weighted by Gasteiger charge is -2.30. The van der Waals surface area contributed by atoms with Crippen LogP contribution in [0.1, 0.15) is 29.9 Å². The average Bonchev–Trinajstić information content (AvgIpc) is 3.20. The number of likely N-dealkylation sites (tertiary alicyclic amines) is 1. The SMILES string of the molecule is CNCC(O)COc1cccc(-c2nc(NCC3CCCN(C)C3)c(C)c(-c3c(C)noc3C)n2)c1. The summed E-state index contributed by atoms with van der Waals surface area (Å²) in [6.07, 6.45) is 1.84. The molecule has 1 aliphatic rings. The minimum atomic E-state index is -0.588. The summed E-state index contributed by atoms with van der Waals surface area (Å²) in [5.74, 6) is 3.38. The number of piperidine rings is 1. The van der Waals surface area contributed by atoms with Crippen LogP contribution in [0.15, 0.2) is 28.8 Å². The Bertz CT molecular complexity index is 1140. The second-order valence-corrected chi connectivity index (χ2v) is 9.77. The number of aromatic nitrogens is 3. The van der Waals surface area contributed by atoms with Gasteiger partial charge in [0.2, 0.25) is 0 Å². The first-order valence-electron chi connectivity index (χ1n) is 12.7. The Morgan fingerprint density at radius 1 is 1.25 bits per heavy atom. The minimum absolute atomic E-state index is 0.200. The van der Waals surface area contributed by atoms with Crippen molar-refractivity contribution in [2.24, 2.45) is 5.92 Å². The minimum Gasteiger partial charge on any atom is -0.491 e. The molecule has 0 saturated carbocycles. The third-order valence-electron chi connectivity index (χ3n) is 6.67. The van der Waals surface area contributed by atoms with E-state index in [9.17, 15) is 5.11 Å². The number of aliphatic hydroxyl groups is 1. The van der Waals surface area contributed by atoms with Gasteiger partial charge >= 0.3 is 0 Å². The lowest BCUT2D eigenvalue weighted by molar-refractivity contribution is 0.108. The molecule has 1 saturated heterocycles. The molecule has 0 amide bonds. The highest BCUT2D eigenvalue weighted by Gasteiger charge is 2.22. The van der Waals surface area contributed by atoms with Crippen LogP contribution in [0.5, 0.6) is 5.75 Å². The fourth-order valence-electron chi connectivity index (χ4n) is 4.78. The molecule has 0 radical (unpaired) electrons. The Balaban J connectivity index is 1.66. The van der Waals surface area contributed by atoms with Crippen LogP contribution in [0, 0.1) is 26.7 Å². The number of nitrogens with one attached hydrogen (secondary N) is 2. The van der Waals surface area contributed by atoms with Gasteiger partial charge in [-0.1, -0.05) is 17.3 Å². The maximum absolute atomic E-state index is 10.0. The zero-order valence-electron chi connectivity index (χ0n) is 22.0. The summed E-state index contributed by atoms with van der Waals surface area (Å²) in [7, 11) is 3.98. The number of hydrogen-bond acceptors (Lipinski definition) is 9. The van der Waals surface area contributed by atoms with E-state index in [1.807, 2.05) is 45.0 Å². The molecule has 3 aromatic rings. The maximum atomic E-state index is 10.0. The second-order valence-electron chi connectivity index (χ2n) is 9.77. The van der Waals surface area contributed by atoms with E-state index in [1.54, 1.807) is 7.05 Å². The van der Waals surface area contributed by atoms with Crippen LogP contribution in [0.25, 0.3) is 22.6 Å². The van der Waals surface area contributed by atoms with E-state index >= 15 is 0 Å². The number of aryl methyl sites for hydroxylation is 2. The molecule has 4 rings (SSSR count). The summed E-state index contributed by atoms with van der Waals surface area (Å²) in [4.78, 5) is 12.3. The smallest absolute Gasteiger partial charge is 0.162 e. The quantitative estimate of drug-likeness (QED) is 0.390. The number of aliphatic hydroxyl groups excluding tert-OH is 1. The normalized spacial score (nSPS) is 17.2. The van der Waals surface area contributed by atoms with Crippen molar-refractivity contribution in [2.75, 3.05) is 52.2 Å². The zero-order chi connectivity index (χ0) is 25.7. The van der Waals surface area contributed by atoms with Gasteiger partial charge in [-0.05, 0) is 72.3 Å². The molecule has 9 heteroatoms. The Morgan fingerprint density at radius 2 is 2.08 bits per heavy atom. The number of hydrogen-bond donors (Lipinski definition) is 3. The Labute approximate surface area is 213 Å². The highest BCUT2D eigenvalue weighted by Crippen LogP contribution is 2.34. The number of anilines is 1. The summed E-state index contributed by atoms with van der Waals surface area (Å²) in [5, 5.41) is 20.7. The molecule has 0 bridgehead atoms. The van der Waals surface area contributed by atoms with Crippen LogP contribution in [0.2, 0.25) is 0 Å². The molecule has 36 heavy (non-hydrogen) atoms. The van der Waals surface area contributed by atoms with Gasteiger partial charge in [-0.3, -0.25) is 0 Å². The first-order chi connectivity index (χ1) is 17.4. The topological polar surface area (TPSA) is 109 Å². The van der Waals surface area contributed by atoms with Crippen LogP contribution in [-0.4, -0.2) is 78.1 Å². The Morgan fingerprint density at radius 3 is 2.81 bits per heavy atom. The van der Waals surface area contributed by atoms with E-state index in [4.69, 9.17) is 19.2 Å². The fourth-order valence-corrected chi connectivity index (χ4v) is 4.78. The molecule has 2 unspecified atom stereocenters. The molecule has 1 fully saturated rings. The monoisotopic (exact) mass is 494 g/mol. The number of rotatable bonds is 10.